The van der Waals surface area contributed by atoms with Crippen LogP contribution in [-0.2, 0) is 11.2 Å². The molecule has 182 valence electrons. The standard InChI is InChI=1S/C27H28N2O6/c1-4-33-25-13-19-12-17(2)35-24(19)15-23(25)29-27(31)18-8-10-21(11-9-18)34-16-26(30)28-20-6-5-7-22(14-20)32-3/h5-11,13-15,17H,4,12,16H2,1-3H3,(H,28,30)(H,29,31). The summed E-state index contributed by atoms with van der Waals surface area (Å²) in [7, 11) is 1.56. The summed E-state index contributed by atoms with van der Waals surface area (Å²) in [6, 6.07) is 17.3. The van der Waals surface area contributed by atoms with Gasteiger partial charge in [-0.15, -0.1) is 0 Å². The first-order valence-electron chi connectivity index (χ1n) is 11.4. The number of methoxy groups -OCH3 is 1. The van der Waals surface area contributed by atoms with Crippen LogP contribution in [0, 0.1) is 0 Å². The molecule has 8 heteroatoms. The van der Waals surface area contributed by atoms with Crippen LogP contribution in [0.15, 0.2) is 60.7 Å². The Morgan fingerprint density at radius 2 is 1.80 bits per heavy atom. The maximum absolute atomic E-state index is 12.8. The first kappa shape index (κ1) is 23.9. The molecule has 2 amide bonds. The molecule has 35 heavy (non-hydrogen) atoms. The van der Waals surface area contributed by atoms with Crippen molar-refractivity contribution in [3.05, 3.63) is 71.8 Å². The third-order valence-electron chi connectivity index (χ3n) is 5.39. The molecule has 0 aromatic heterocycles. The second kappa shape index (κ2) is 10.8. The Morgan fingerprint density at radius 1 is 1.00 bits per heavy atom. The molecule has 1 atom stereocenters. The Labute approximate surface area is 204 Å². The van der Waals surface area contributed by atoms with Crippen molar-refractivity contribution < 1.29 is 28.5 Å². The van der Waals surface area contributed by atoms with Gasteiger partial charge in [-0.2, -0.15) is 0 Å². The number of rotatable bonds is 9. The molecule has 4 rings (SSSR count). The monoisotopic (exact) mass is 476 g/mol. The predicted molar refractivity (Wildman–Crippen MR) is 133 cm³/mol. The first-order valence-corrected chi connectivity index (χ1v) is 11.4. The van der Waals surface area contributed by atoms with E-state index in [0.717, 1.165) is 17.7 Å². The van der Waals surface area contributed by atoms with Gasteiger partial charge in [-0.3, -0.25) is 9.59 Å². The molecule has 0 fully saturated rings. The van der Waals surface area contributed by atoms with Crippen molar-refractivity contribution in [1.29, 1.82) is 0 Å². The van der Waals surface area contributed by atoms with Crippen LogP contribution in [0.1, 0.15) is 29.8 Å². The van der Waals surface area contributed by atoms with E-state index in [4.69, 9.17) is 18.9 Å². The maximum Gasteiger partial charge on any atom is 0.262 e. The van der Waals surface area contributed by atoms with E-state index >= 15 is 0 Å². The lowest BCUT2D eigenvalue weighted by Crippen LogP contribution is -2.20. The number of amides is 2. The molecule has 0 saturated carbocycles. The number of nitrogens with one attached hydrogen (secondary N) is 2. The molecule has 1 heterocycles. The summed E-state index contributed by atoms with van der Waals surface area (Å²) in [5.74, 6) is 1.88. The minimum Gasteiger partial charge on any atom is -0.497 e. The van der Waals surface area contributed by atoms with Gasteiger partial charge in [-0.1, -0.05) is 6.07 Å². The van der Waals surface area contributed by atoms with Crippen molar-refractivity contribution in [3.63, 3.8) is 0 Å². The van der Waals surface area contributed by atoms with Crippen LogP contribution in [-0.4, -0.2) is 38.2 Å². The molecular weight excluding hydrogens is 448 g/mol. The second-order valence-corrected chi connectivity index (χ2v) is 8.07. The van der Waals surface area contributed by atoms with Gasteiger partial charge >= 0.3 is 0 Å². The highest BCUT2D eigenvalue weighted by Gasteiger charge is 2.23. The van der Waals surface area contributed by atoms with Crippen LogP contribution in [0.5, 0.6) is 23.0 Å². The van der Waals surface area contributed by atoms with E-state index in [1.54, 1.807) is 61.7 Å². The minimum atomic E-state index is -0.309. The lowest BCUT2D eigenvalue weighted by atomic mass is 10.1. The number of carbonyl (C=O) groups excluding carboxylic acids is 2. The van der Waals surface area contributed by atoms with E-state index in [1.807, 2.05) is 19.9 Å². The van der Waals surface area contributed by atoms with Crippen molar-refractivity contribution >= 4 is 23.2 Å². The molecular formula is C27H28N2O6. The van der Waals surface area contributed by atoms with Crippen molar-refractivity contribution in [2.45, 2.75) is 26.4 Å². The number of fused-ring (bicyclic) bond motifs is 1. The topological polar surface area (TPSA) is 95.1 Å². The SMILES string of the molecule is CCOc1cc2c(cc1NC(=O)c1ccc(OCC(=O)Nc3cccc(OC)c3)cc1)OC(C)C2. The van der Waals surface area contributed by atoms with E-state index in [2.05, 4.69) is 10.6 Å². The second-order valence-electron chi connectivity index (χ2n) is 8.07. The average Bonchev–Trinajstić information content (AvgIpc) is 3.22. The summed E-state index contributed by atoms with van der Waals surface area (Å²) in [5, 5.41) is 5.65. The van der Waals surface area contributed by atoms with Crippen LogP contribution in [0.4, 0.5) is 11.4 Å². The van der Waals surface area contributed by atoms with Crippen LogP contribution < -0.4 is 29.6 Å². The number of anilines is 2. The zero-order chi connectivity index (χ0) is 24.8. The van der Waals surface area contributed by atoms with Gasteiger partial charge in [0, 0.05) is 35.4 Å². The van der Waals surface area contributed by atoms with Gasteiger partial charge in [0.25, 0.3) is 11.8 Å². The molecule has 0 saturated heterocycles. The van der Waals surface area contributed by atoms with Gasteiger partial charge in [-0.05, 0) is 56.3 Å². The van der Waals surface area contributed by atoms with Crippen molar-refractivity contribution in [2.24, 2.45) is 0 Å². The molecule has 0 bridgehead atoms. The highest BCUT2D eigenvalue weighted by Crippen LogP contribution is 2.38. The van der Waals surface area contributed by atoms with Gasteiger partial charge in [0.15, 0.2) is 6.61 Å². The molecule has 3 aromatic rings. The maximum atomic E-state index is 12.8. The molecule has 1 aliphatic rings. The van der Waals surface area contributed by atoms with Crippen LogP contribution in [0.2, 0.25) is 0 Å². The third kappa shape index (κ3) is 6.03. The Kier molecular flexibility index (Phi) is 7.40. The smallest absolute Gasteiger partial charge is 0.262 e. The number of carbonyl (C=O) groups is 2. The quantitative estimate of drug-likeness (QED) is 0.465. The van der Waals surface area contributed by atoms with Gasteiger partial charge in [0.05, 0.1) is 19.4 Å². The Morgan fingerprint density at radius 3 is 2.54 bits per heavy atom. The average molecular weight is 477 g/mol. The number of hydrogen-bond acceptors (Lipinski definition) is 6. The van der Waals surface area contributed by atoms with E-state index < -0.39 is 0 Å². The molecule has 2 N–H and O–H groups in total. The minimum absolute atomic E-state index is 0.0931. The summed E-state index contributed by atoms with van der Waals surface area (Å²) in [4.78, 5) is 25.0. The van der Waals surface area contributed by atoms with Gasteiger partial charge in [-0.25, -0.2) is 0 Å². The van der Waals surface area contributed by atoms with Crippen molar-refractivity contribution in [3.8, 4) is 23.0 Å². The summed E-state index contributed by atoms with van der Waals surface area (Å²) in [6.07, 6.45) is 0.901. The summed E-state index contributed by atoms with van der Waals surface area (Å²) in [5.41, 5.74) is 2.67. The van der Waals surface area contributed by atoms with Crippen LogP contribution in [0.3, 0.4) is 0 Å². The Hall–Kier alpha value is -4.20. The first-order chi connectivity index (χ1) is 16.9. The number of benzene rings is 3. The summed E-state index contributed by atoms with van der Waals surface area (Å²) < 4.78 is 22.2. The predicted octanol–water partition coefficient (Wildman–Crippen LogP) is 4.69. The van der Waals surface area contributed by atoms with Crippen LogP contribution >= 0.6 is 0 Å². The van der Waals surface area contributed by atoms with E-state index in [0.29, 0.717) is 40.8 Å². The molecule has 8 nitrogen and oxygen atoms in total. The summed E-state index contributed by atoms with van der Waals surface area (Å²) >= 11 is 0. The van der Waals surface area contributed by atoms with E-state index in [-0.39, 0.29) is 24.5 Å². The number of hydrogen-bond donors (Lipinski definition) is 2. The van der Waals surface area contributed by atoms with Gasteiger partial charge < -0.3 is 29.6 Å². The molecule has 1 aliphatic heterocycles. The fourth-order valence-corrected chi connectivity index (χ4v) is 3.76. The highest BCUT2D eigenvalue weighted by molar-refractivity contribution is 6.05. The molecule has 3 aromatic carbocycles. The Bertz CT molecular complexity index is 1210. The number of ether oxygens (including phenoxy) is 4. The zero-order valence-electron chi connectivity index (χ0n) is 19.9. The lowest BCUT2D eigenvalue weighted by Gasteiger charge is -2.14. The van der Waals surface area contributed by atoms with Crippen molar-refractivity contribution in [1.82, 2.24) is 0 Å². The zero-order valence-corrected chi connectivity index (χ0v) is 19.9. The third-order valence-corrected chi connectivity index (χ3v) is 5.39. The molecule has 1 unspecified atom stereocenters. The molecule has 0 spiro atoms. The van der Waals surface area contributed by atoms with Crippen LogP contribution in [0.25, 0.3) is 0 Å². The summed E-state index contributed by atoms with van der Waals surface area (Å²) in [6.45, 7) is 4.21. The van der Waals surface area contributed by atoms with Crippen molar-refractivity contribution in [2.75, 3.05) is 31.0 Å². The molecule has 0 aliphatic carbocycles. The Balaban J connectivity index is 1.35. The van der Waals surface area contributed by atoms with E-state index in [9.17, 15) is 9.59 Å². The lowest BCUT2D eigenvalue weighted by molar-refractivity contribution is -0.118. The fourth-order valence-electron chi connectivity index (χ4n) is 3.76. The largest absolute Gasteiger partial charge is 0.497 e. The molecule has 0 radical (unpaired) electrons. The van der Waals surface area contributed by atoms with Gasteiger partial charge in [0.1, 0.15) is 29.1 Å². The highest BCUT2D eigenvalue weighted by atomic mass is 16.5. The normalized spacial score (nSPS) is 13.9. The van der Waals surface area contributed by atoms with E-state index in [1.165, 1.54) is 0 Å². The van der Waals surface area contributed by atoms with Gasteiger partial charge in [0.2, 0.25) is 0 Å². The fraction of sp³-hybridized carbons (Fsp3) is 0.259.